The minimum absolute atomic E-state index is 0.327. The number of primary amides is 1. The van der Waals surface area contributed by atoms with Crippen LogP contribution in [0, 0.1) is 0 Å². The van der Waals surface area contributed by atoms with Crippen molar-refractivity contribution in [3.8, 4) is 0 Å². The van der Waals surface area contributed by atoms with Crippen LogP contribution >= 0.6 is 0 Å². The van der Waals surface area contributed by atoms with Gasteiger partial charge in [-0.3, -0.25) is 33.6 Å². The lowest BCUT2D eigenvalue weighted by Crippen LogP contribution is -2.57. The summed E-state index contributed by atoms with van der Waals surface area (Å²) in [7, 11) is 0. The van der Waals surface area contributed by atoms with E-state index in [0.717, 1.165) is 0 Å². The van der Waals surface area contributed by atoms with Crippen LogP contribution in [0.4, 0.5) is 0 Å². The maximum Gasteiger partial charge on any atom is 0.326 e. The number of aliphatic carboxylic acids is 4. The highest BCUT2D eigenvalue weighted by molar-refractivity contribution is 5.96. The van der Waals surface area contributed by atoms with Crippen LogP contribution in [0.5, 0.6) is 0 Å². The number of carbonyl (C=O) groups excluding carboxylic acids is 4. The Labute approximate surface area is 197 Å². The summed E-state index contributed by atoms with van der Waals surface area (Å²) in [5.74, 6) is -10.5. The number of carboxylic acid groups (broad SMARTS) is 4. The van der Waals surface area contributed by atoms with Crippen molar-refractivity contribution in [3.05, 3.63) is 0 Å². The van der Waals surface area contributed by atoms with Crippen LogP contribution in [0.3, 0.4) is 0 Å². The van der Waals surface area contributed by atoms with Gasteiger partial charge in [0.25, 0.3) is 0 Å². The van der Waals surface area contributed by atoms with Gasteiger partial charge in [0.05, 0.1) is 18.9 Å². The molecule has 0 aromatic heterocycles. The Kier molecular flexibility index (Phi) is 13.0. The Morgan fingerprint density at radius 2 is 1.06 bits per heavy atom. The predicted octanol–water partition coefficient (Wildman–Crippen LogP) is -4.07. The van der Waals surface area contributed by atoms with Crippen LogP contribution in [-0.2, 0) is 38.4 Å². The molecule has 0 heterocycles. The van der Waals surface area contributed by atoms with Crippen molar-refractivity contribution in [1.29, 1.82) is 0 Å². The monoisotopic (exact) mass is 505 g/mol. The topological polar surface area (TPSA) is 306 Å². The minimum Gasteiger partial charge on any atom is -0.481 e. The normalized spacial score (nSPS) is 13.9. The first kappa shape index (κ1) is 30.7. The van der Waals surface area contributed by atoms with Gasteiger partial charge in [0.2, 0.25) is 23.6 Å². The number of amides is 4. The van der Waals surface area contributed by atoms with Gasteiger partial charge in [0.15, 0.2) is 0 Å². The first-order chi connectivity index (χ1) is 16.1. The van der Waals surface area contributed by atoms with Gasteiger partial charge in [-0.05, 0) is 12.8 Å². The fourth-order valence-corrected chi connectivity index (χ4v) is 2.55. The Morgan fingerprint density at radius 1 is 0.600 bits per heavy atom. The molecular weight excluding hydrogens is 478 g/mol. The molecule has 11 N–H and O–H groups in total. The summed E-state index contributed by atoms with van der Waals surface area (Å²) in [6.45, 7) is 0. The van der Waals surface area contributed by atoms with E-state index in [4.69, 9.17) is 31.9 Å². The van der Waals surface area contributed by atoms with Crippen molar-refractivity contribution in [1.82, 2.24) is 16.0 Å². The van der Waals surface area contributed by atoms with Crippen molar-refractivity contribution < 1.29 is 58.8 Å². The molecular formula is C18H27N5O12. The lowest BCUT2D eigenvalue weighted by molar-refractivity contribution is -0.147. The summed E-state index contributed by atoms with van der Waals surface area (Å²) in [5.41, 5.74) is 10.5. The van der Waals surface area contributed by atoms with Crippen LogP contribution < -0.4 is 27.4 Å². The highest BCUT2D eigenvalue weighted by Gasteiger charge is 2.32. The second-order valence-electron chi connectivity index (χ2n) is 7.26. The molecule has 17 heteroatoms. The quantitative estimate of drug-likeness (QED) is 0.0909. The van der Waals surface area contributed by atoms with E-state index in [1.807, 2.05) is 10.6 Å². The maximum atomic E-state index is 12.6. The highest BCUT2D eigenvalue weighted by Crippen LogP contribution is 2.04. The van der Waals surface area contributed by atoms with Gasteiger partial charge in [-0.25, -0.2) is 4.79 Å². The van der Waals surface area contributed by atoms with E-state index in [-0.39, 0.29) is 6.42 Å². The van der Waals surface area contributed by atoms with Gasteiger partial charge in [-0.2, -0.15) is 0 Å². The predicted molar refractivity (Wildman–Crippen MR) is 111 cm³/mol. The number of rotatable bonds is 17. The molecule has 0 fully saturated rings. The zero-order valence-corrected chi connectivity index (χ0v) is 18.3. The van der Waals surface area contributed by atoms with Gasteiger partial charge in [-0.1, -0.05) is 0 Å². The molecule has 0 aliphatic rings. The number of hydrogen-bond acceptors (Lipinski definition) is 9. The summed E-state index contributed by atoms with van der Waals surface area (Å²) in [6.07, 6.45) is -3.76. The number of carboxylic acids is 4. The standard InChI is InChI=1S/C18H27N5O12/c19-7(1-4-12(25)26)15(31)22-9(5-13(27)28)17(33)21-8(2-3-11(20)24)16(32)23-10(18(34)35)6-14(29)30/h7-10H,1-6,19H2,(H2,20,24)(H,21,33)(H,22,31)(H,23,32)(H,25,26)(H,27,28)(H,29,30)(H,34,35). The summed E-state index contributed by atoms with van der Waals surface area (Å²) < 4.78 is 0. The third-order valence-corrected chi connectivity index (χ3v) is 4.32. The van der Waals surface area contributed by atoms with Crippen molar-refractivity contribution in [2.24, 2.45) is 11.5 Å². The van der Waals surface area contributed by atoms with E-state index < -0.39 is 104 Å². The van der Waals surface area contributed by atoms with Crippen molar-refractivity contribution >= 4 is 47.5 Å². The third kappa shape index (κ3) is 13.1. The van der Waals surface area contributed by atoms with Gasteiger partial charge in [0.1, 0.15) is 18.1 Å². The van der Waals surface area contributed by atoms with Crippen molar-refractivity contribution in [2.45, 2.75) is 62.7 Å². The highest BCUT2D eigenvalue weighted by atomic mass is 16.4. The second kappa shape index (κ2) is 14.8. The van der Waals surface area contributed by atoms with Crippen LogP contribution in [0.2, 0.25) is 0 Å². The molecule has 0 aliphatic carbocycles. The molecule has 0 spiro atoms. The molecule has 0 rings (SSSR count). The molecule has 0 aliphatic heterocycles. The maximum absolute atomic E-state index is 12.6. The Hall–Kier alpha value is -4.28. The Bertz CT molecular complexity index is 861. The zero-order valence-electron chi connectivity index (χ0n) is 18.3. The van der Waals surface area contributed by atoms with Gasteiger partial charge >= 0.3 is 23.9 Å². The van der Waals surface area contributed by atoms with E-state index in [1.54, 1.807) is 0 Å². The summed E-state index contributed by atoms with van der Waals surface area (Å²) >= 11 is 0. The average Bonchev–Trinajstić information content (AvgIpc) is 2.72. The lowest BCUT2D eigenvalue weighted by atomic mass is 10.1. The first-order valence-electron chi connectivity index (χ1n) is 9.97. The molecule has 0 bridgehead atoms. The smallest absolute Gasteiger partial charge is 0.326 e. The van der Waals surface area contributed by atoms with Crippen molar-refractivity contribution in [3.63, 3.8) is 0 Å². The molecule has 0 saturated heterocycles. The van der Waals surface area contributed by atoms with Gasteiger partial charge in [-0.15, -0.1) is 0 Å². The molecule has 0 radical (unpaired) electrons. The molecule has 0 saturated carbocycles. The molecule has 4 unspecified atom stereocenters. The largest absolute Gasteiger partial charge is 0.481 e. The fourth-order valence-electron chi connectivity index (χ4n) is 2.55. The first-order valence-corrected chi connectivity index (χ1v) is 9.97. The average molecular weight is 505 g/mol. The van der Waals surface area contributed by atoms with Crippen molar-refractivity contribution in [2.75, 3.05) is 0 Å². The van der Waals surface area contributed by atoms with E-state index in [0.29, 0.717) is 0 Å². The Balaban J connectivity index is 5.59. The van der Waals surface area contributed by atoms with Crippen LogP contribution in [-0.4, -0.2) is 92.1 Å². The fraction of sp³-hybridized carbons (Fsp3) is 0.556. The number of carbonyl (C=O) groups is 8. The third-order valence-electron chi connectivity index (χ3n) is 4.32. The number of hydrogen-bond donors (Lipinski definition) is 9. The summed E-state index contributed by atoms with van der Waals surface area (Å²) in [4.78, 5) is 92.1. The summed E-state index contributed by atoms with van der Waals surface area (Å²) in [5, 5.41) is 41.5. The van der Waals surface area contributed by atoms with E-state index >= 15 is 0 Å². The second-order valence-corrected chi connectivity index (χ2v) is 7.26. The van der Waals surface area contributed by atoms with E-state index in [2.05, 4.69) is 5.32 Å². The molecule has 4 amide bonds. The summed E-state index contributed by atoms with van der Waals surface area (Å²) in [6, 6.07) is -6.76. The molecule has 0 aromatic carbocycles. The SMILES string of the molecule is NC(=O)CCC(NC(=O)C(CC(=O)O)NC(=O)C(N)CCC(=O)O)C(=O)NC(CC(=O)O)C(=O)O. The van der Waals surface area contributed by atoms with Crippen LogP contribution in [0.25, 0.3) is 0 Å². The molecule has 4 atom stereocenters. The van der Waals surface area contributed by atoms with Crippen LogP contribution in [0.15, 0.2) is 0 Å². The Morgan fingerprint density at radius 3 is 1.51 bits per heavy atom. The molecule has 0 aromatic rings. The van der Waals surface area contributed by atoms with Gasteiger partial charge < -0.3 is 47.8 Å². The number of nitrogens with one attached hydrogen (secondary N) is 3. The minimum atomic E-state index is -1.89. The molecule has 17 nitrogen and oxygen atoms in total. The number of nitrogens with two attached hydrogens (primary N) is 2. The zero-order chi connectivity index (χ0) is 27.3. The van der Waals surface area contributed by atoms with Crippen LogP contribution in [0.1, 0.15) is 38.5 Å². The van der Waals surface area contributed by atoms with Gasteiger partial charge in [0, 0.05) is 12.8 Å². The molecule has 35 heavy (non-hydrogen) atoms. The van der Waals surface area contributed by atoms with E-state index in [9.17, 15) is 38.4 Å². The van der Waals surface area contributed by atoms with E-state index in [1.165, 1.54) is 0 Å². The molecule has 196 valence electrons. The lowest BCUT2D eigenvalue weighted by Gasteiger charge is -2.24.